The Balaban J connectivity index is 1.79. The summed E-state index contributed by atoms with van der Waals surface area (Å²) < 4.78 is 1.84. The minimum atomic E-state index is -0.233. The maximum absolute atomic E-state index is 12.2. The number of amides is 1. The predicted octanol–water partition coefficient (Wildman–Crippen LogP) is 2.40. The van der Waals surface area contributed by atoms with E-state index in [0.717, 1.165) is 31.0 Å². The van der Waals surface area contributed by atoms with Crippen LogP contribution in [0.25, 0.3) is 0 Å². The number of nitrogens with one attached hydrogen (secondary N) is 2. The van der Waals surface area contributed by atoms with Gasteiger partial charge in [-0.25, -0.2) is 0 Å². The van der Waals surface area contributed by atoms with Crippen molar-refractivity contribution in [3.05, 3.63) is 12.4 Å². The van der Waals surface area contributed by atoms with E-state index < -0.39 is 0 Å². The molecule has 1 amide bonds. The number of hydrogen-bond donors (Lipinski definition) is 2. The molecule has 0 unspecified atom stereocenters. The highest BCUT2D eigenvalue weighted by Crippen LogP contribution is 2.23. The van der Waals surface area contributed by atoms with E-state index in [0.29, 0.717) is 6.04 Å². The van der Waals surface area contributed by atoms with Crippen LogP contribution in [0.4, 0.5) is 5.69 Å². The van der Waals surface area contributed by atoms with Crippen molar-refractivity contribution in [2.24, 2.45) is 5.92 Å². The Bertz CT molecular complexity index is 435. The number of carbonyl (C=O) groups is 1. The molecular weight excluding hydrogens is 252 g/mol. The van der Waals surface area contributed by atoms with E-state index in [2.05, 4.69) is 22.7 Å². The Morgan fingerprint density at radius 1 is 1.45 bits per heavy atom. The number of aryl methyl sites for hydroxylation is 1. The molecule has 0 saturated heterocycles. The molecular formula is C15H26N4O. The molecule has 20 heavy (non-hydrogen) atoms. The van der Waals surface area contributed by atoms with Crippen molar-refractivity contribution >= 4 is 11.6 Å². The first-order chi connectivity index (χ1) is 9.58. The van der Waals surface area contributed by atoms with Crippen LogP contribution >= 0.6 is 0 Å². The molecule has 5 heteroatoms. The average molecular weight is 278 g/mol. The van der Waals surface area contributed by atoms with Gasteiger partial charge in [0.1, 0.15) is 6.04 Å². The van der Waals surface area contributed by atoms with E-state index >= 15 is 0 Å². The minimum Gasteiger partial charge on any atom is -0.371 e. The number of aromatic nitrogens is 2. The van der Waals surface area contributed by atoms with Crippen molar-refractivity contribution in [1.29, 1.82) is 0 Å². The van der Waals surface area contributed by atoms with Gasteiger partial charge in [-0.2, -0.15) is 5.10 Å². The van der Waals surface area contributed by atoms with Gasteiger partial charge in [0.05, 0.1) is 11.9 Å². The Morgan fingerprint density at radius 2 is 2.15 bits per heavy atom. The second kappa shape index (κ2) is 6.77. The van der Waals surface area contributed by atoms with Crippen LogP contribution in [0.1, 0.15) is 46.5 Å². The lowest BCUT2D eigenvalue weighted by molar-refractivity contribution is -0.122. The fourth-order valence-corrected chi connectivity index (χ4v) is 2.66. The maximum Gasteiger partial charge on any atom is 0.242 e. The third kappa shape index (κ3) is 3.99. The van der Waals surface area contributed by atoms with Crippen LogP contribution in [0.15, 0.2) is 12.4 Å². The third-order valence-corrected chi connectivity index (χ3v) is 4.10. The van der Waals surface area contributed by atoms with Crippen LogP contribution in [0.3, 0.4) is 0 Å². The van der Waals surface area contributed by atoms with Gasteiger partial charge in [-0.05, 0) is 45.4 Å². The summed E-state index contributed by atoms with van der Waals surface area (Å²) in [5.41, 5.74) is 0.895. The van der Waals surface area contributed by atoms with E-state index in [-0.39, 0.29) is 11.9 Å². The van der Waals surface area contributed by atoms with Gasteiger partial charge in [-0.3, -0.25) is 9.48 Å². The summed E-state index contributed by atoms with van der Waals surface area (Å²) in [5.74, 6) is 0.882. The number of nitrogens with zero attached hydrogens (tertiary/aromatic N) is 2. The Kier molecular flexibility index (Phi) is 5.04. The smallest absolute Gasteiger partial charge is 0.242 e. The molecule has 0 bridgehead atoms. The zero-order chi connectivity index (χ0) is 14.5. The summed E-state index contributed by atoms with van der Waals surface area (Å²) in [4.78, 5) is 12.2. The highest BCUT2D eigenvalue weighted by molar-refractivity contribution is 5.84. The Morgan fingerprint density at radius 3 is 2.75 bits per heavy atom. The molecule has 1 aliphatic rings. The maximum atomic E-state index is 12.2. The van der Waals surface area contributed by atoms with Crippen molar-refractivity contribution in [2.45, 2.75) is 65.1 Å². The van der Waals surface area contributed by atoms with E-state index in [1.165, 1.54) is 12.8 Å². The van der Waals surface area contributed by atoms with Crippen molar-refractivity contribution in [3.8, 4) is 0 Å². The summed E-state index contributed by atoms with van der Waals surface area (Å²) in [6.07, 6.45) is 8.33. The van der Waals surface area contributed by atoms with Crippen molar-refractivity contribution < 1.29 is 4.79 Å². The predicted molar refractivity (Wildman–Crippen MR) is 80.5 cm³/mol. The molecule has 1 atom stereocenters. The van der Waals surface area contributed by atoms with Crippen LogP contribution < -0.4 is 10.6 Å². The molecule has 2 rings (SSSR count). The van der Waals surface area contributed by atoms with E-state index in [1.807, 2.05) is 24.7 Å². The lowest BCUT2D eigenvalue weighted by Gasteiger charge is -2.28. The van der Waals surface area contributed by atoms with Gasteiger partial charge in [0.2, 0.25) is 5.91 Å². The summed E-state index contributed by atoms with van der Waals surface area (Å²) in [7, 11) is 0. The summed E-state index contributed by atoms with van der Waals surface area (Å²) >= 11 is 0. The fourth-order valence-electron chi connectivity index (χ4n) is 2.66. The minimum absolute atomic E-state index is 0.0776. The molecule has 5 nitrogen and oxygen atoms in total. The first-order valence-corrected chi connectivity index (χ1v) is 7.67. The summed E-state index contributed by atoms with van der Waals surface area (Å²) in [5, 5.41) is 10.5. The number of anilines is 1. The zero-order valence-corrected chi connectivity index (χ0v) is 12.7. The molecule has 1 saturated carbocycles. The normalized spacial score (nSPS) is 24.1. The Hall–Kier alpha value is -1.52. The number of carbonyl (C=O) groups excluding carboxylic acids is 1. The lowest BCUT2D eigenvalue weighted by atomic mass is 9.87. The number of rotatable bonds is 5. The first-order valence-electron chi connectivity index (χ1n) is 7.67. The molecule has 1 aromatic rings. The molecule has 1 heterocycles. The van der Waals surface area contributed by atoms with Crippen LogP contribution in [-0.2, 0) is 11.3 Å². The zero-order valence-electron chi connectivity index (χ0n) is 12.7. The molecule has 0 aromatic carbocycles. The SMILES string of the molecule is CCn1cc(N[C@@H](C)C(=O)NC2CCC(C)CC2)cn1. The summed E-state index contributed by atoms with van der Waals surface area (Å²) in [6.45, 7) is 7.05. The highest BCUT2D eigenvalue weighted by Gasteiger charge is 2.22. The molecule has 0 radical (unpaired) electrons. The molecule has 112 valence electrons. The van der Waals surface area contributed by atoms with Crippen molar-refractivity contribution in [3.63, 3.8) is 0 Å². The third-order valence-electron chi connectivity index (χ3n) is 4.10. The number of hydrogen-bond acceptors (Lipinski definition) is 3. The molecule has 0 spiro atoms. The second-order valence-corrected chi connectivity index (χ2v) is 5.92. The standard InChI is InChI=1S/C15H26N4O/c1-4-19-10-14(9-16-19)17-12(3)15(20)18-13-7-5-11(2)6-8-13/h9-13,17H,4-8H2,1-3H3,(H,18,20)/t11?,12-,13?/m0/s1. The van der Waals surface area contributed by atoms with Gasteiger partial charge in [0, 0.05) is 18.8 Å². The molecule has 1 fully saturated rings. The van der Waals surface area contributed by atoms with Gasteiger partial charge < -0.3 is 10.6 Å². The monoisotopic (exact) mass is 278 g/mol. The molecule has 2 N–H and O–H groups in total. The van der Waals surface area contributed by atoms with Crippen molar-refractivity contribution in [1.82, 2.24) is 15.1 Å². The second-order valence-electron chi connectivity index (χ2n) is 5.92. The van der Waals surface area contributed by atoms with E-state index in [9.17, 15) is 4.79 Å². The Labute approximate surface area is 121 Å². The topological polar surface area (TPSA) is 59.0 Å². The van der Waals surface area contributed by atoms with Crippen LogP contribution in [0.2, 0.25) is 0 Å². The van der Waals surface area contributed by atoms with Gasteiger partial charge in [-0.1, -0.05) is 6.92 Å². The first kappa shape index (κ1) is 14.9. The van der Waals surface area contributed by atoms with E-state index in [4.69, 9.17) is 0 Å². The quantitative estimate of drug-likeness (QED) is 0.869. The van der Waals surface area contributed by atoms with Gasteiger partial charge in [-0.15, -0.1) is 0 Å². The van der Waals surface area contributed by atoms with Gasteiger partial charge >= 0.3 is 0 Å². The van der Waals surface area contributed by atoms with Gasteiger partial charge in [0.15, 0.2) is 0 Å². The van der Waals surface area contributed by atoms with Gasteiger partial charge in [0.25, 0.3) is 0 Å². The largest absolute Gasteiger partial charge is 0.371 e. The molecule has 1 aromatic heterocycles. The molecule has 0 aliphatic heterocycles. The van der Waals surface area contributed by atoms with Crippen LogP contribution in [0.5, 0.6) is 0 Å². The van der Waals surface area contributed by atoms with E-state index in [1.54, 1.807) is 6.20 Å². The fraction of sp³-hybridized carbons (Fsp3) is 0.733. The average Bonchev–Trinajstić information content (AvgIpc) is 2.89. The van der Waals surface area contributed by atoms with Crippen LogP contribution in [-0.4, -0.2) is 27.8 Å². The highest BCUT2D eigenvalue weighted by atomic mass is 16.2. The van der Waals surface area contributed by atoms with Crippen molar-refractivity contribution in [2.75, 3.05) is 5.32 Å². The molecule has 1 aliphatic carbocycles. The summed E-state index contributed by atoms with van der Waals surface area (Å²) in [6, 6.07) is 0.116. The van der Waals surface area contributed by atoms with Crippen LogP contribution in [0, 0.1) is 5.92 Å². The lowest BCUT2D eigenvalue weighted by Crippen LogP contribution is -2.44.